The molecule has 98 valence electrons. The zero-order valence-corrected chi connectivity index (χ0v) is 11.6. The predicted octanol–water partition coefficient (Wildman–Crippen LogP) is 4.30. The Kier molecular flexibility index (Phi) is 3.24. The summed E-state index contributed by atoms with van der Waals surface area (Å²) in [5.74, 6) is 0.586. The zero-order chi connectivity index (χ0) is 13.2. The van der Waals surface area contributed by atoms with Crippen LogP contribution in [0.15, 0.2) is 42.6 Å². The molecule has 0 amide bonds. The number of hydrogen-bond acceptors (Lipinski definition) is 2. The number of aromatic nitrogens is 1. The summed E-state index contributed by atoms with van der Waals surface area (Å²) in [6.45, 7) is 4.44. The number of nitrogens with one attached hydrogen (secondary N) is 1. The fourth-order valence-electron chi connectivity index (χ4n) is 2.72. The lowest BCUT2D eigenvalue weighted by atomic mass is 10.0. The molecule has 1 heterocycles. The smallest absolute Gasteiger partial charge is 0.0691 e. The van der Waals surface area contributed by atoms with E-state index in [1.807, 2.05) is 12.3 Å². The van der Waals surface area contributed by atoms with Crippen LogP contribution in [0.1, 0.15) is 49.0 Å². The molecular formula is C17H20N2. The van der Waals surface area contributed by atoms with Crippen LogP contribution in [0.5, 0.6) is 0 Å². The number of rotatable bonds is 3. The van der Waals surface area contributed by atoms with Gasteiger partial charge in [0, 0.05) is 11.9 Å². The molecule has 2 aromatic rings. The number of nitrogens with zero attached hydrogens (tertiary/aromatic N) is 1. The van der Waals surface area contributed by atoms with Crippen molar-refractivity contribution < 1.29 is 0 Å². The molecule has 0 saturated carbocycles. The SMILES string of the molecule is CC(C)c1ccc(NC2CCc3cccnc32)cc1. The Balaban J connectivity index is 1.76. The first-order valence-corrected chi connectivity index (χ1v) is 7.04. The van der Waals surface area contributed by atoms with Crippen molar-refractivity contribution in [2.45, 2.75) is 38.6 Å². The largest absolute Gasteiger partial charge is 0.377 e. The van der Waals surface area contributed by atoms with Gasteiger partial charge in [-0.3, -0.25) is 4.98 Å². The molecule has 19 heavy (non-hydrogen) atoms. The average molecular weight is 252 g/mol. The molecule has 0 bridgehead atoms. The Labute approximate surface area is 114 Å². The van der Waals surface area contributed by atoms with Crippen molar-refractivity contribution in [1.82, 2.24) is 4.98 Å². The van der Waals surface area contributed by atoms with E-state index in [0.717, 1.165) is 12.8 Å². The van der Waals surface area contributed by atoms with E-state index in [1.165, 1.54) is 22.5 Å². The Bertz CT molecular complexity index is 558. The van der Waals surface area contributed by atoms with Gasteiger partial charge < -0.3 is 5.32 Å². The van der Waals surface area contributed by atoms with Crippen molar-refractivity contribution in [2.24, 2.45) is 0 Å². The Morgan fingerprint density at radius 2 is 1.95 bits per heavy atom. The summed E-state index contributed by atoms with van der Waals surface area (Å²) < 4.78 is 0. The molecular weight excluding hydrogens is 232 g/mol. The summed E-state index contributed by atoms with van der Waals surface area (Å²) in [6, 6.07) is 13.3. The van der Waals surface area contributed by atoms with E-state index in [0.29, 0.717) is 12.0 Å². The van der Waals surface area contributed by atoms with Gasteiger partial charge >= 0.3 is 0 Å². The molecule has 2 nitrogen and oxygen atoms in total. The van der Waals surface area contributed by atoms with E-state index in [1.54, 1.807) is 0 Å². The van der Waals surface area contributed by atoms with Crippen molar-refractivity contribution in [3.8, 4) is 0 Å². The maximum atomic E-state index is 4.52. The van der Waals surface area contributed by atoms with Crippen LogP contribution < -0.4 is 5.32 Å². The summed E-state index contributed by atoms with van der Waals surface area (Å²) in [6.07, 6.45) is 4.16. The first-order valence-electron chi connectivity index (χ1n) is 7.04. The van der Waals surface area contributed by atoms with Gasteiger partial charge in [0.15, 0.2) is 0 Å². The van der Waals surface area contributed by atoms with Gasteiger partial charge in [-0.15, -0.1) is 0 Å². The van der Waals surface area contributed by atoms with Crippen molar-refractivity contribution >= 4 is 5.69 Å². The van der Waals surface area contributed by atoms with E-state index in [4.69, 9.17) is 0 Å². The molecule has 0 aliphatic heterocycles. The standard InChI is InChI=1S/C17H20N2/c1-12(2)13-5-8-15(9-6-13)19-16-10-7-14-4-3-11-18-17(14)16/h3-6,8-9,11-12,16,19H,7,10H2,1-2H3. The molecule has 2 heteroatoms. The van der Waals surface area contributed by atoms with Crippen LogP contribution in [0.3, 0.4) is 0 Å². The van der Waals surface area contributed by atoms with Crippen LogP contribution >= 0.6 is 0 Å². The van der Waals surface area contributed by atoms with Crippen LogP contribution in [0.4, 0.5) is 5.69 Å². The van der Waals surface area contributed by atoms with Crippen LogP contribution in [-0.4, -0.2) is 4.98 Å². The van der Waals surface area contributed by atoms with Crippen LogP contribution in [0, 0.1) is 0 Å². The molecule has 1 atom stereocenters. The second-order valence-electron chi connectivity index (χ2n) is 5.56. The molecule has 0 radical (unpaired) electrons. The Morgan fingerprint density at radius 1 is 1.16 bits per heavy atom. The topological polar surface area (TPSA) is 24.9 Å². The van der Waals surface area contributed by atoms with Gasteiger partial charge in [0.1, 0.15) is 0 Å². The first kappa shape index (κ1) is 12.2. The van der Waals surface area contributed by atoms with Gasteiger partial charge in [0.2, 0.25) is 0 Å². The van der Waals surface area contributed by atoms with Gasteiger partial charge in [0.05, 0.1) is 11.7 Å². The highest BCUT2D eigenvalue weighted by Crippen LogP contribution is 2.32. The third kappa shape index (κ3) is 2.48. The summed E-state index contributed by atoms with van der Waals surface area (Å²) >= 11 is 0. The van der Waals surface area contributed by atoms with E-state index in [2.05, 4.69) is 54.5 Å². The molecule has 0 spiro atoms. The van der Waals surface area contributed by atoms with Crippen molar-refractivity contribution in [3.05, 3.63) is 59.4 Å². The molecule has 3 rings (SSSR count). The maximum Gasteiger partial charge on any atom is 0.0691 e. The quantitative estimate of drug-likeness (QED) is 0.880. The first-order chi connectivity index (χ1) is 9.24. The Hall–Kier alpha value is -1.83. The molecule has 1 aliphatic carbocycles. The number of aryl methyl sites for hydroxylation is 1. The minimum atomic E-state index is 0.362. The summed E-state index contributed by atoms with van der Waals surface area (Å²) in [5.41, 5.74) is 5.18. The highest BCUT2D eigenvalue weighted by atomic mass is 15.0. The fourth-order valence-corrected chi connectivity index (χ4v) is 2.72. The minimum absolute atomic E-state index is 0.362. The lowest BCUT2D eigenvalue weighted by Crippen LogP contribution is -2.08. The molecule has 0 saturated heterocycles. The van der Waals surface area contributed by atoms with E-state index < -0.39 is 0 Å². The maximum absolute atomic E-state index is 4.52. The summed E-state index contributed by atoms with van der Waals surface area (Å²) in [7, 11) is 0. The molecule has 1 aliphatic rings. The second-order valence-corrected chi connectivity index (χ2v) is 5.56. The third-order valence-electron chi connectivity index (χ3n) is 3.88. The molecule has 1 aromatic heterocycles. The third-order valence-corrected chi connectivity index (χ3v) is 3.88. The van der Waals surface area contributed by atoms with Crippen LogP contribution in [-0.2, 0) is 6.42 Å². The van der Waals surface area contributed by atoms with E-state index in [-0.39, 0.29) is 0 Å². The highest BCUT2D eigenvalue weighted by Gasteiger charge is 2.23. The van der Waals surface area contributed by atoms with Crippen molar-refractivity contribution in [2.75, 3.05) is 5.32 Å². The van der Waals surface area contributed by atoms with Gasteiger partial charge in [-0.05, 0) is 48.1 Å². The second kappa shape index (κ2) is 5.04. The highest BCUT2D eigenvalue weighted by molar-refractivity contribution is 5.48. The number of pyridine rings is 1. The normalized spacial score (nSPS) is 17.5. The molecule has 0 fully saturated rings. The predicted molar refractivity (Wildman–Crippen MR) is 79.5 cm³/mol. The number of hydrogen-bond donors (Lipinski definition) is 1. The number of fused-ring (bicyclic) bond motifs is 1. The van der Waals surface area contributed by atoms with Gasteiger partial charge in [-0.1, -0.05) is 32.0 Å². The van der Waals surface area contributed by atoms with Gasteiger partial charge in [-0.25, -0.2) is 0 Å². The van der Waals surface area contributed by atoms with Gasteiger partial charge in [-0.2, -0.15) is 0 Å². The zero-order valence-electron chi connectivity index (χ0n) is 11.6. The monoisotopic (exact) mass is 252 g/mol. The van der Waals surface area contributed by atoms with Gasteiger partial charge in [0.25, 0.3) is 0 Å². The molecule has 1 N–H and O–H groups in total. The summed E-state index contributed by atoms with van der Waals surface area (Å²) in [4.78, 5) is 4.52. The van der Waals surface area contributed by atoms with E-state index in [9.17, 15) is 0 Å². The van der Waals surface area contributed by atoms with Crippen molar-refractivity contribution in [3.63, 3.8) is 0 Å². The molecule has 1 aromatic carbocycles. The van der Waals surface area contributed by atoms with Crippen LogP contribution in [0.25, 0.3) is 0 Å². The van der Waals surface area contributed by atoms with Crippen molar-refractivity contribution in [1.29, 1.82) is 0 Å². The minimum Gasteiger partial charge on any atom is -0.377 e. The lowest BCUT2D eigenvalue weighted by molar-refractivity contribution is 0.745. The number of benzene rings is 1. The molecule has 1 unspecified atom stereocenters. The lowest BCUT2D eigenvalue weighted by Gasteiger charge is -2.15. The average Bonchev–Trinajstić information content (AvgIpc) is 2.83. The fraction of sp³-hybridized carbons (Fsp3) is 0.353. The van der Waals surface area contributed by atoms with Crippen LogP contribution in [0.2, 0.25) is 0 Å². The van der Waals surface area contributed by atoms with E-state index >= 15 is 0 Å². The summed E-state index contributed by atoms with van der Waals surface area (Å²) in [5, 5.41) is 3.60. The number of anilines is 1. The Morgan fingerprint density at radius 3 is 2.68 bits per heavy atom.